The SMILES string of the molecule is CCCc1c(Cc2ccc(-c3ccccc3-c3noc(=O)[nH]3)cc2)c(=O)n([C@H]2CC[C@H](OCC(C)O)CC2)c2nc(C)nn12. The number of aromatic nitrogens is 6. The number of nitrogens with zero attached hydrogens (tertiary/aromatic N) is 5. The highest BCUT2D eigenvalue weighted by Gasteiger charge is 2.28. The first-order valence-corrected chi connectivity index (χ1v) is 15.4. The maximum Gasteiger partial charge on any atom is 0.439 e. The van der Waals surface area contributed by atoms with E-state index in [0.717, 1.165) is 65.6 Å². The van der Waals surface area contributed by atoms with Gasteiger partial charge in [0.25, 0.3) is 5.56 Å². The molecule has 3 aromatic heterocycles. The maximum absolute atomic E-state index is 14.4. The Morgan fingerprint density at radius 2 is 1.80 bits per heavy atom. The average Bonchev–Trinajstić information content (AvgIpc) is 3.63. The fourth-order valence-electron chi connectivity index (χ4n) is 6.27. The minimum Gasteiger partial charge on any atom is -0.391 e. The molecule has 0 radical (unpaired) electrons. The first-order chi connectivity index (χ1) is 21.3. The Labute approximate surface area is 254 Å². The van der Waals surface area contributed by atoms with Crippen molar-refractivity contribution in [2.45, 2.75) is 84.0 Å². The Kier molecular flexibility index (Phi) is 8.58. The van der Waals surface area contributed by atoms with Gasteiger partial charge >= 0.3 is 5.76 Å². The van der Waals surface area contributed by atoms with E-state index in [1.807, 2.05) is 64.5 Å². The fourth-order valence-corrected chi connectivity index (χ4v) is 6.27. The van der Waals surface area contributed by atoms with E-state index in [2.05, 4.69) is 17.1 Å². The second-order valence-electron chi connectivity index (χ2n) is 11.7. The summed E-state index contributed by atoms with van der Waals surface area (Å²) in [6.45, 7) is 6.02. The van der Waals surface area contributed by atoms with E-state index in [1.54, 1.807) is 6.92 Å². The predicted molar refractivity (Wildman–Crippen MR) is 166 cm³/mol. The van der Waals surface area contributed by atoms with E-state index < -0.39 is 11.9 Å². The molecule has 0 spiro atoms. The molecular weight excluding hydrogens is 560 g/mol. The van der Waals surface area contributed by atoms with Gasteiger partial charge in [0.05, 0.1) is 24.5 Å². The van der Waals surface area contributed by atoms with E-state index >= 15 is 0 Å². The van der Waals surface area contributed by atoms with Crippen molar-refractivity contribution in [2.75, 3.05) is 6.61 Å². The van der Waals surface area contributed by atoms with Gasteiger partial charge in [0.15, 0.2) is 5.82 Å². The molecule has 1 unspecified atom stereocenters. The topological polar surface area (TPSA) is 141 Å². The van der Waals surface area contributed by atoms with Gasteiger partial charge in [0.1, 0.15) is 5.82 Å². The van der Waals surface area contributed by atoms with Crippen LogP contribution in [-0.4, -0.2) is 53.2 Å². The molecule has 0 saturated heterocycles. The molecule has 0 aliphatic heterocycles. The van der Waals surface area contributed by atoms with Crippen LogP contribution >= 0.6 is 0 Å². The summed E-state index contributed by atoms with van der Waals surface area (Å²) in [5, 5.41) is 18.2. The third kappa shape index (κ3) is 6.02. The number of aliphatic hydroxyl groups is 1. The molecule has 230 valence electrons. The number of aryl methyl sites for hydroxylation is 2. The van der Waals surface area contributed by atoms with Crippen molar-refractivity contribution in [1.29, 1.82) is 0 Å². The number of fused-ring (bicyclic) bond motifs is 1. The summed E-state index contributed by atoms with van der Waals surface area (Å²) in [7, 11) is 0. The zero-order chi connectivity index (χ0) is 30.8. The lowest BCUT2D eigenvalue weighted by Gasteiger charge is -2.30. The Balaban J connectivity index is 1.34. The molecule has 11 nitrogen and oxygen atoms in total. The van der Waals surface area contributed by atoms with Crippen LogP contribution in [0.5, 0.6) is 0 Å². The molecule has 1 atom stereocenters. The van der Waals surface area contributed by atoms with Crippen LogP contribution in [0.15, 0.2) is 62.6 Å². The van der Waals surface area contributed by atoms with Crippen LogP contribution in [-0.2, 0) is 17.6 Å². The van der Waals surface area contributed by atoms with Gasteiger partial charge < -0.3 is 9.84 Å². The standard InChI is InChI=1S/C33H38N6O5/c1-4-7-29-28(18-22-10-12-23(13-11-22)26-8-5-6-9-27(26)30-35-33(42)44-37-30)31(41)38(32-34-21(3)36-39(29)32)24-14-16-25(17-15-24)43-19-20(2)40/h5-6,8-13,20,24-25,40H,4,7,14-19H2,1-3H3,(H,35,37,42)/t20?,24-,25-. The van der Waals surface area contributed by atoms with E-state index in [1.165, 1.54) is 0 Å². The number of H-pyrrole nitrogens is 1. The van der Waals surface area contributed by atoms with Gasteiger partial charge in [-0.1, -0.05) is 67.0 Å². The molecule has 1 aliphatic rings. The molecule has 1 fully saturated rings. The Morgan fingerprint density at radius 1 is 1.07 bits per heavy atom. The zero-order valence-electron chi connectivity index (χ0n) is 25.3. The first kappa shape index (κ1) is 29.7. The lowest BCUT2D eigenvalue weighted by atomic mass is 9.92. The van der Waals surface area contributed by atoms with Crippen LogP contribution in [0.2, 0.25) is 0 Å². The van der Waals surface area contributed by atoms with Crippen molar-refractivity contribution >= 4 is 5.78 Å². The van der Waals surface area contributed by atoms with Gasteiger partial charge in [-0.2, -0.15) is 10.1 Å². The summed E-state index contributed by atoms with van der Waals surface area (Å²) in [6, 6.07) is 15.8. The third-order valence-corrected chi connectivity index (χ3v) is 8.33. The van der Waals surface area contributed by atoms with E-state index in [0.29, 0.717) is 36.9 Å². The molecule has 44 heavy (non-hydrogen) atoms. The number of nitrogens with one attached hydrogen (secondary N) is 1. The lowest BCUT2D eigenvalue weighted by Crippen LogP contribution is -2.35. The van der Waals surface area contributed by atoms with Crippen molar-refractivity contribution in [3.63, 3.8) is 0 Å². The van der Waals surface area contributed by atoms with Gasteiger partial charge in [0, 0.05) is 23.6 Å². The molecule has 1 saturated carbocycles. The number of hydrogen-bond donors (Lipinski definition) is 2. The van der Waals surface area contributed by atoms with Crippen LogP contribution in [0.3, 0.4) is 0 Å². The fraction of sp³-hybridized carbons (Fsp3) is 0.424. The van der Waals surface area contributed by atoms with Crippen LogP contribution in [0.4, 0.5) is 0 Å². The molecule has 6 rings (SSSR count). The quantitative estimate of drug-likeness (QED) is 0.237. The van der Waals surface area contributed by atoms with Crippen molar-refractivity contribution in [2.24, 2.45) is 0 Å². The van der Waals surface area contributed by atoms with Crippen molar-refractivity contribution < 1.29 is 14.4 Å². The summed E-state index contributed by atoms with van der Waals surface area (Å²) in [6.07, 6.45) is 4.87. The molecular formula is C33H38N6O5. The van der Waals surface area contributed by atoms with Gasteiger partial charge in [0.2, 0.25) is 5.78 Å². The van der Waals surface area contributed by atoms with E-state index in [9.17, 15) is 14.7 Å². The second kappa shape index (κ2) is 12.7. The highest BCUT2D eigenvalue weighted by Crippen LogP contribution is 2.32. The van der Waals surface area contributed by atoms with E-state index in [4.69, 9.17) is 19.3 Å². The molecule has 5 aromatic rings. The lowest BCUT2D eigenvalue weighted by molar-refractivity contribution is -0.0232. The van der Waals surface area contributed by atoms with Crippen molar-refractivity contribution in [3.8, 4) is 22.5 Å². The largest absolute Gasteiger partial charge is 0.439 e. The number of hydrogen-bond acceptors (Lipinski definition) is 8. The van der Waals surface area contributed by atoms with Crippen LogP contribution in [0, 0.1) is 6.92 Å². The molecule has 2 N–H and O–H groups in total. The van der Waals surface area contributed by atoms with Crippen molar-refractivity contribution in [1.82, 2.24) is 29.3 Å². The van der Waals surface area contributed by atoms with Gasteiger partial charge in [-0.15, -0.1) is 0 Å². The Morgan fingerprint density at radius 3 is 2.45 bits per heavy atom. The molecule has 11 heteroatoms. The second-order valence-corrected chi connectivity index (χ2v) is 11.7. The Bertz CT molecular complexity index is 1860. The average molecular weight is 599 g/mol. The molecule has 3 heterocycles. The predicted octanol–water partition coefficient (Wildman–Crippen LogP) is 4.63. The minimum absolute atomic E-state index is 0.00345. The van der Waals surface area contributed by atoms with Gasteiger partial charge in [-0.25, -0.2) is 9.31 Å². The molecule has 2 aromatic carbocycles. The van der Waals surface area contributed by atoms with Crippen LogP contribution in [0.25, 0.3) is 28.3 Å². The number of rotatable bonds is 10. The summed E-state index contributed by atoms with van der Waals surface area (Å²) >= 11 is 0. The summed E-state index contributed by atoms with van der Waals surface area (Å²) < 4.78 is 14.4. The maximum atomic E-state index is 14.4. The highest BCUT2D eigenvalue weighted by molar-refractivity contribution is 5.80. The Hall–Kier alpha value is -4.35. The number of benzene rings is 2. The monoisotopic (exact) mass is 598 g/mol. The van der Waals surface area contributed by atoms with Gasteiger partial charge in [-0.05, 0) is 62.6 Å². The smallest absolute Gasteiger partial charge is 0.391 e. The van der Waals surface area contributed by atoms with Crippen LogP contribution in [0.1, 0.15) is 74.6 Å². The third-order valence-electron chi connectivity index (χ3n) is 8.33. The van der Waals surface area contributed by atoms with Gasteiger partial charge in [-0.3, -0.25) is 18.9 Å². The molecule has 0 bridgehead atoms. The highest BCUT2D eigenvalue weighted by atomic mass is 16.5. The van der Waals surface area contributed by atoms with Crippen molar-refractivity contribution in [3.05, 3.63) is 92.1 Å². The minimum atomic E-state index is -0.601. The number of ether oxygens (including phenoxy) is 1. The summed E-state index contributed by atoms with van der Waals surface area (Å²) in [5.41, 5.74) is 5.27. The number of aliphatic hydroxyl groups excluding tert-OH is 1. The molecule has 1 aliphatic carbocycles. The van der Waals surface area contributed by atoms with E-state index in [-0.39, 0.29) is 17.7 Å². The number of aromatic amines is 1. The summed E-state index contributed by atoms with van der Waals surface area (Å²) in [4.78, 5) is 33.3. The normalized spacial score (nSPS) is 17.7. The first-order valence-electron chi connectivity index (χ1n) is 15.4. The van der Waals surface area contributed by atoms with Crippen LogP contribution < -0.4 is 11.3 Å². The molecule has 0 amide bonds. The zero-order valence-corrected chi connectivity index (χ0v) is 25.3. The summed E-state index contributed by atoms with van der Waals surface area (Å²) in [5.74, 6) is 1.01.